The van der Waals surface area contributed by atoms with Gasteiger partial charge in [-0.05, 0) is 56.8 Å². The van der Waals surface area contributed by atoms with Gasteiger partial charge in [-0.15, -0.1) is 0 Å². The number of nitrogens with one attached hydrogen (secondary N) is 1. The van der Waals surface area contributed by atoms with Gasteiger partial charge in [0.25, 0.3) is 0 Å². The summed E-state index contributed by atoms with van der Waals surface area (Å²) in [7, 11) is 0. The zero-order chi connectivity index (χ0) is 15.2. The van der Waals surface area contributed by atoms with Crippen LogP contribution in [0.15, 0.2) is 6.20 Å². The van der Waals surface area contributed by atoms with Gasteiger partial charge in [-0.2, -0.15) is 0 Å². The summed E-state index contributed by atoms with van der Waals surface area (Å²) < 4.78 is 0. The van der Waals surface area contributed by atoms with Gasteiger partial charge in [0.15, 0.2) is 0 Å². The highest BCUT2D eigenvalue weighted by atomic mass is 17.1. The minimum absolute atomic E-state index is 0.383. The number of aromatic nitrogens is 1. The molecule has 0 amide bonds. The van der Waals surface area contributed by atoms with Crippen molar-refractivity contribution in [2.75, 3.05) is 26.2 Å². The second-order valence-corrected chi connectivity index (χ2v) is 5.81. The van der Waals surface area contributed by atoms with Gasteiger partial charge >= 0.3 is 0 Å². The molecule has 0 fully saturated rings. The summed E-state index contributed by atoms with van der Waals surface area (Å²) >= 11 is 0. The van der Waals surface area contributed by atoms with E-state index in [4.69, 9.17) is 5.26 Å². The lowest BCUT2D eigenvalue weighted by atomic mass is 9.94. The molecule has 0 spiro atoms. The number of rotatable bonds is 8. The molecule has 1 aromatic rings. The smallest absolute Gasteiger partial charge is 0.0857 e. The Morgan fingerprint density at radius 1 is 1.24 bits per heavy atom. The third-order valence-electron chi connectivity index (χ3n) is 4.63. The molecular formula is C17H28N2O2. The van der Waals surface area contributed by atoms with E-state index in [0.717, 1.165) is 45.3 Å². The predicted octanol–water partition coefficient (Wildman–Crippen LogP) is 1.89. The van der Waals surface area contributed by atoms with Gasteiger partial charge < -0.3 is 9.88 Å². The van der Waals surface area contributed by atoms with Crippen LogP contribution in [-0.4, -0.2) is 41.4 Å². The van der Waals surface area contributed by atoms with Crippen molar-refractivity contribution in [3.8, 4) is 0 Å². The van der Waals surface area contributed by atoms with Crippen LogP contribution in [0.2, 0.25) is 0 Å². The first-order valence-electron chi connectivity index (χ1n) is 8.08. The molecule has 21 heavy (non-hydrogen) atoms. The molecule has 4 heteroatoms. The summed E-state index contributed by atoms with van der Waals surface area (Å²) in [5, 5.41) is 11.3. The van der Waals surface area contributed by atoms with Gasteiger partial charge in [0.05, 0.1) is 6.61 Å². The summed E-state index contributed by atoms with van der Waals surface area (Å²) in [6.45, 7) is 10.3. The normalized spacial score (nSPS) is 14.9. The number of aromatic amines is 1. The Kier molecular flexibility index (Phi) is 6.03. The third-order valence-corrected chi connectivity index (χ3v) is 4.63. The molecule has 0 unspecified atom stereocenters. The van der Waals surface area contributed by atoms with E-state index in [1.807, 2.05) is 0 Å². The Hall–Kier alpha value is -1.10. The van der Waals surface area contributed by atoms with Crippen molar-refractivity contribution >= 4 is 11.1 Å². The van der Waals surface area contributed by atoms with E-state index in [1.165, 1.54) is 27.3 Å². The maximum absolute atomic E-state index is 8.62. The SMILES string of the molecule is CCN(CC)CCc1c[nH]c2c1=C(CCOO)CCC=2C. The van der Waals surface area contributed by atoms with Crippen molar-refractivity contribution in [2.24, 2.45) is 0 Å². The van der Waals surface area contributed by atoms with Crippen LogP contribution in [0.1, 0.15) is 45.6 Å². The van der Waals surface area contributed by atoms with Gasteiger partial charge in [0.2, 0.25) is 0 Å². The number of hydrogen-bond acceptors (Lipinski definition) is 3. The lowest BCUT2D eigenvalue weighted by molar-refractivity contribution is -0.240. The van der Waals surface area contributed by atoms with Crippen molar-refractivity contribution in [1.29, 1.82) is 0 Å². The fourth-order valence-electron chi connectivity index (χ4n) is 3.23. The van der Waals surface area contributed by atoms with E-state index < -0.39 is 0 Å². The number of hydrogen-bond donors (Lipinski definition) is 2. The lowest BCUT2D eigenvalue weighted by Crippen LogP contribution is -2.34. The Bertz CT molecular complexity index is 570. The Morgan fingerprint density at radius 3 is 2.67 bits per heavy atom. The third kappa shape index (κ3) is 3.76. The Balaban J connectivity index is 2.30. The van der Waals surface area contributed by atoms with Crippen LogP contribution < -0.4 is 10.6 Å². The van der Waals surface area contributed by atoms with E-state index in [-0.39, 0.29) is 0 Å². The minimum Gasteiger partial charge on any atom is -0.361 e. The van der Waals surface area contributed by atoms with Crippen molar-refractivity contribution < 1.29 is 10.1 Å². The average Bonchev–Trinajstić information content (AvgIpc) is 2.93. The number of nitrogens with zero attached hydrogens (tertiary/aromatic N) is 1. The fourth-order valence-corrected chi connectivity index (χ4v) is 3.23. The highest BCUT2D eigenvalue weighted by Gasteiger charge is 2.13. The molecule has 0 radical (unpaired) electrons. The van der Waals surface area contributed by atoms with Gasteiger partial charge in [0.1, 0.15) is 0 Å². The molecule has 1 aliphatic carbocycles. The molecule has 0 aliphatic heterocycles. The maximum Gasteiger partial charge on any atom is 0.0857 e. The first-order chi connectivity index (χ1) is 10.2. The number of likely N-dealkylation sites (N-methyl/N-ethyl adjacent to an activating group) is 1. The number of fused-ring (bicyclic) bond motifs is 1. The molecule has 0 saturated heterocycles. The molecule has 0 bridgehead atoms. The van der Waals surface area contributed by atoms with E-state index in [9.17, 15) is 0 Å². The summed E-state index contributed by atoms with van der Waals surface area (Å²) in [5.74, 6) is 0. The predicted molar refractivity (Wildman–Crippen MR) is 86.5 cm³/mol. The van der Waals surface area contributed by atoms with Crippen molar-refractivity contribution in [2.45, 2.75) is 46.5 Å². The van der Waals surface area contributed by atoms with Crippen molar-refractivity contribution in [3.05, 3.63) is 22.3 Å². The lowest BCUT2D eigenvalue weighted by Gasteiger charge is -2.18. The highest BCUT2D eigenvalue weighted by molar-refractivity contribution is 5.57. The molecular weight excluding hydrogens is 264 g/mol. The largest absolute Gasteiger partial charge is 0.361 e. The maximum atomic E-state index is 8.62. The van der Waals surface area contributed by atoms with Gasteiger partial charge in [0, 0.05) is 23.3 Å². The molecule has 1 aliphatic rings. The molecule has 4 nitrogen and oxygen atoms in total. The highest BCUT2D eigenvalue weighted by Crippen LogP contribution is 2.17. The summed E-state index contributed by atoms with van der Waals surface area (Å²) in [6, 6.07) is 0. The molecule has 118 valence electrons. The van der Waals surface area contributed by atoms with Crippen LogP contribution in [0.4, 0.5) is 0 Å². The van der Waals surface area contributed by atoms with Crippen LogP contribution in [0.5, 0.6) is 0 Å². The van der Waals surface area contributed by atoms with E-state index in [0.29, 0.717) is 6.61 Å². The molecule has 1 aromatic heterocycles. The topological polar surface area (TPSA) is 48.5 Å². The summed E-state index contributed by atoms with van der Waals surface area (Å²) in [5.41, 5.74) is 4.26. The molecule has 0 aromatic carbocycles. The summed E-state index contributed by atoms with van der Waals surface area (Å²) in [4.78, 5) is 10.2. The van der Waals surface area contributed by atoms with Crippen molar-refractivity contribution in [1.82, 2.24) is 9.88 Å². The quantitative estimate of drug-likeness (QED) is 0.568. The van der Waals surface area contributed by atoms with Crippen molar-refractivity contribution in [3.63, 3.8) is 0 Å². The monoisotopic (exact) mass is 292 g/mol. The number of H-pyrrole nitrogens is 1. The van der Waals surface area contributed by atoms with Crippen LogP contribution in [0.25, 0.3) is 11.1 Å². The van der Waals surface area contributed by atoms with Gasteiger partial charge in [-0.25, -0.2) is 4.89 Å². The fraction of sp³-hybridized carbons (Fsp3) is 0.647. The van der Waals surface area contributed by atoms with Crippen LogP contribution in [-0.2, 0) is 11.3 Å². The van der Waals surface area contributed by atoms with Crippen LogP contribution in [0.3, 0.4) is 0 Å². The molecule has 0 atom stereocenters. The first-order valence-corrected chi connectivity index (χ1v) is 8.08. The molecule has 1 heterocycles. The second-order valence-electron chi connectivity index (χ2n) is 5.81. The Labute approximate surface area is 127 Å². The Morgan fingerprint density at radius 2 is 2.00 bits per heavy atom. The summed E-state index contributed by atoms with van der Waals surface area (Å²) in [6.07, 6.45) is 6.24. The molecule has 2 N–H and O–H groups in total. The van der Waals surface area contributed by atoms with Gasteiger partial charge in [-0.3, -0.25) is 5.26 Å². The minimum atomic E-state index is 0.383. The van der Waals surface area contributed by atoms with E-state index in [2.05, 4.69) is 41.7 Å². The second kappa shape index (κ2) is 7.78. The molecule has 2 rings (SSSR count). The van der Waals surface area contributed by atoms with Crippen LogP contribution >= 0.6 is 0 Å². The van der Waals surface area contributed by atoms with E-state index in [1.54, 1.807) is 0 Å². The zero-order valence-electron chi connectivity index (χ0n) is 13.5. The average molecular weight is 292 g/mol. The van der Waals surface area contributed by atoms with Gasteiger partial charge in [-0.1, -0.05) is 19.4 Å². The zero-order valence-corrected chi connectivity index (χ0v) is 13.5. The van der Waals surface area contributed by atoms with E-state index >= 15 is 0 Å². The van der Waals surface area contributed by atoms with Crippen LogP contribution in [0, 0.1) is 0 Å². The standard InChI is InChI=1S/C17H28N2O2/c1-4-19(5-2)10-8-15-12-18-17-13(3)6-7-14(16(15)17)9-11-21-20/h12,18,20H,4-11H2,1-3H3. The molecule has 0 saturated carbocycles. The first kappa shape index (κ1) is 16.3.